The Kier molecular flexibility index (Phi) is 14.4. The van der Waals surface area contributed by atoms with E-state index in [1.54, 1.807) is 12.1 Å². The number of β-amino-alcohol motifs (C(OH)–C–C–N with tert-alkyl or cyclic N) is 1. The van der Waals surface area contributed by atoms with Gasteiger partial charge < -0.3 is 9.84 Å². The molecule has 0 amide bonds. The number of nitrogens with zero attached hydrogens (tertiary/aromatic N) is 2. The van der Waals surface area contributed by atoms with Crippen LogP contribution in [0.3, 0.4) is 0 Å². The van der Waals surface area contributed by atoms with Gasteiger partial charge in [-0.15, -0.1) is 9.42 Å². The molecule has 1 saturated heterocycles. The highest BCUT2D eigenvalue weighted by Gasteiger charge is 2.32. The maximum atomic E-state index is 10.8. The quantitative estimate of drug-likeness (QED) is 0.294. The van der Waals surface area contributed by atoms with Crippen LogP contribution in [0.2, 0.25) is 0 Å². The Bertz CT molecular complexity index is 947. The molecular weight excluding hydrogens is 511 g/mol. The summed E-state index contributed by atoms with van der Waals surface area (Å²) in [5.41, 5.74) is 2.12. The number of aliphatic hydroxyl groups is 1. The minimum Gasteiger partial charge on any atom is -0.490 e. The van der Waals surface area contributed by atoms with Gasteiger partial charge in [-0.1, -0.05) is 94.5 Å². The van der Waals surface area contributed by atoms with E-state index in [0.29, 0.717) is 23.9 Å². The molecule has 7 nitrogen and oxygen atoms in total. The number of unbranched alkanes of at least 4 members (excludes halogenated alkanes) is 1. The van der Waals surface area contributed by atoms with Gasteiger partial charge in [0, 0.05) is 48.9 Å². The third-order valence-electron chi connectivity index (χ3n) is 7.74. The second-order valence-electron chi connectivity index (χ2n) is 10.7. The summed E-state index contributed by atoms with van der Waals surface area (Å²) < 4.78 is 21.5. The van der Waals surface area contributed by atoms with Gasteiger partial charge in [-0.3, -0.25) is 9.80 Å². The van der Waals surface area contributed by atoms with Crippen molar-refractivity contribution >= 4 is 8.25 Å². The van der Waals surface area contributed by atoms with Crippen molar-refractivity contribution in [2.45, 2.75) is 77.5 Å². The summed E-state index contributed by atoms with van der Waals surface area (Å²) in [7, 11) is -2.66. The maximum Gasteiger partial charge on any atom is 0.695 e. The number of hydrogen-bond donors (Lipinski definition) is 2. The minimum atomic E-state index is -2.66. The van der Waals surface area contributed by atoms with Crippen molar-refractivity contribution in [1.29, 1.82) is 0 Å². The maximum absolute atomic E-state index is 10.8. The number of benzene rings is 2. The fraction of sp³-hybridized carbons (Fsp3) is 0.613. The Morgan fingerprint density at radius 3 is 2.21 bits per heavy atom. The Balaban J connectivity index is 0.000000983. The van der Waals surface area contributed by atoms with Crippen LogP contribution in [-0.2, 0) is 15.7 Å². The van der Waals surface area contributed by atoms with Crippen molar-refractivity contribution in [2.24, 2.45) is 5.92 Å². The zero-order valence-electron chi connectivity index (χ0n) is 23.8. The van der Waals surface area contributed by atoms with E-state index >= 15 is 0 Å². The van der Waals surface area contributed by atoms with Crippen molar-refractivity contribution in [2.75, 3.05) is 39.3 Å². The molecule has 2 aromatic carbocycles. The summed E-state index contributed by atoms with van der Waals surface area (Å²) in [4.78, 5) is 13.9. The van der Waals surface area contributed by atoms with Gasteiger partial charge in [-0.2, -0.15) is 0 Å². The fourth-order valence-corrected chi connectivity index (χ4v) is 5.78. The number of para-hydroxylation sites is 1. The third-order valence-corrected chi connectivity index (χ3v) is 8.09. The summed E-state index contributed by atoms with van der Waals surface area (Å²) in [6, 6.07) is 18.7. The lowest BCUT2D eigenvalue weighted by molar-refractivity contribution is 0.0223. The van der Waals surface area contributed by atoms with Crippen molar-refractivity contribution < 1.29 is 23.8 Å². The number of aliphatic hydroxyl groups excluding tert-OH is 1. The van der Waals surface area contributed by atoms with Crippen LogP contribution in [0.1, 0.15) is 76.0 Å². The van der Waals surface area contributed by atoms with E-state index in [1.807, 2.05) is 12.1 Å². The molecule has 1 aliphatic carbocycles. The average Bonchev–Trinajstić information content (AvgIpc) is 2.97. The molecule has 4 rings (SSSR count). The van der Waals surface area contributed by atoms with E-state index in [0.717, 1.165) is 32.1 Å². The highest BCUT2D eigenvalue weighted by atomic mass is 31.1. The van der Waals surface area contributed by atoms with Crippen LogP contribution in [0.15, 0.2) is 54.6 Å². The topological polar surface area (TPSA) is 82.5 Å². The van der Waals surface area contributed by atoms with Gasteiger partial charge in [0.2, 0.25) is 0 Å². The van der Waals surface area contributed by atoms with Crippen LogP contribution < -0.4 is 4.74 Å². The van der Waals surface area contributed by atoms with E-state index in [4.69, 9.17) is 14.2 Å². The summed E-state index contributed by atoms with van der Waals surface area (Å²) in [5.74, 6) is 1.29. The molecular formula is C31H48N2O5P+. The van der Waals surface area contributed by atoms with Crippen LogP contribution in [0.5, 0.6) is 5.75 Å². The van der Waals surface area contributed by atoms with Gasteiger partial charge in [0.05, 0.1) is 0 Å². The van der Waals surface area contributed by atoms with Gasteiger partial charge in [0.15, 0.2) is 0 Å². The van der Waals surface area contributed by atoms with Gasteiger partial charge in [-0.05, 0) is 30.4 Å². The lowest BCUT2D eigenvalue weighted by atomic mass is 9.80. The molecule has 0 radical (unpaired) electrons. The van der Waals surface area contributed by atoms with Crippen molar-refractivity contribution in [3.63, 3.8) is 0 Å². The van der Waals surface area contributed by atoms with Gasteiger partial charge >= 0.3 is 8.25 Å². The molecule has 2 fully saturated rings. The molecule has 2 N–H and O–H groups in total. The van der Waals surface area contributed by atoms with Crippen molar-refractivity contribution in [3.05, 3.63) is 65.7 Å². The first-order chi connectivity index (χ1) is 19.0. The van der Waals surface area contributed by atoms with Crippen molar-refractivity contribution in [3.8, 4) is 5.75 Å². The number of piperazine rings is 1. The summed E-state index contributed by atoms with van der Waals surface area (Å²) >= 11 is 0. The molecule has 1 saturated carbocycles. The first kappa shape index (κ1) is 31.7. The first-order valence-corrected chi connectivity index (χ1v) is 15.8. The van der Waals surface area contributed by atoms with E-state index in [2.05, 4.69) is 54.0 Å². The highest BCUT2D eigenvalue weighted by Crippen LogP contribution is 2.38. The Morgan fingerprint density at radius 2 is 1.56 bits per heavy atom. The average molecular weight is 560 g/mol. The van der Waals surface area contributed by atoms with Crippen LogP contribution in [-0.4, -0.2) is 65.2 Å². The van der Waals surface area contributed by atoms with Gasteiger partial charge in [0.25, 0.3) is 0 Å². The van der Waals surface area contributed by atoms with Crippen LogP contribution >= 0.6 is 8.25 Å². The van der Waals surface area contributed by atoms with Crippen LogP contribution in [0.25, 0.3) is 0 Å². The SMILES string of the molecule is CCCC.O=[P+](O)OCc1ccccc1OCC(O)CN1CCN(C(c2ccccc2)C2CCCCC2)CC1. The lowest BCUT2D eigenvalue weighted by Gasteiger charge is -2.44. The predicted octanol–water partition coefficient (Wildman–Crippen LogP) is 6.34. The lowest BCUT2D eigenvalue weighted by Crippen LogP contribution is -2.51. The molecule has 0 bridgehead atoms. The first-order valence-electron chi connectivity index (χ1n) is 14.7. The highest BCUT2D eigenvalue weighted by molar-refractivity contribution is 7.32. The molecule has 1 aliphatic heterocycles. The Hall–Kier alpha value is -1.86. The summed E-state index contributed by atoms with van der Waals surface area (Å²) in [6.07, 6.45) is 8.70. The molecule has 3 atom stereocenters. The van der Waals surface area contributed by atoms with Crippen molar-refractivity contribution in [1.82, 2.24) is 9.80 Å². The fourth-order valence-electron chi connectivity index (χ4n) is 5.53. The largest absolute Gasteiger partial charge is 0.695 e. The Labute approximate surface area is 236 Å². The number of ether oxygens (including phenoxy) is 1. The molecule has 8 heteroatoms. The van der Waals surface area contributed by atoms with E-state index < -0.39 is 14.4 Å². The minimum absolute atomic E-state index is 0.0104. The molecule has 216 valence electrons. The molecule has 3 unspecified atom stereocenters. The van der Waals surface area contributed by atoms with Crippen LogP contribution in [0.4, 0.5) is 0 Å². The number of rotatable bonds is 12. The van der Waals surface area contributed by atoms with Gasteiger partial charge in [-0.25, -0.2) is 0 Å². The smallest absolute Gasteiger partial charge is 0.490 e. The molecule has 1 heterocycles. The van der Waals surface area contributed by atoms with Gasteiger partial charge in [0.1, 0.15) is 25.1 Å². The second kappa shape index (κ2) is 17.8. The molecule has 2 aliphatic rings. The van der Waals surface area contributed by atoms with E-state index in [1.165, 1.54) is 50.5 Å². The normalized spacial score (nSPS) is 19.0. The standard InChI is InChI=1S/C27H37N2O5P.C4H10/c30-25(21-33-26-14-8-7-13-24(26)20-34-35(31)32)19-28-15-17-29(18-16-28)27(22-9-3-1-4-10-22)23-11-5-2-6-12-23;1-3-4-2/h1,3-4,7-10,13-14,23,25,27,30H,2,5-6,11-12,15-21H2;3-4H2,1-2H3/p+1. The zero-order valence-corrected chi connectivity index (χ0v) is 24.7. The molecule has 0 aromatic heterocycles. The molecule has 0 spiro atoms. The second-order valence-corrected chi connectivity index (χ2v) is 11.4. The third kappa shape index (κ3) is 10.9. The summed E-state index contributed by atoms with van der Waals surface area (Å²) in [6.45, 7) is 8.95. The van der Waals surface area contributed by atoms with Crippen LogP contribution in [0, 0.1) is 5.92 Å². The van der Waals surface area contributed by atoms with E-state index in [9.17, 15) is 9.67 Å². The monoisotopic (exact) mass is 559 g/mol. The predicted molar refractivity (Wildman–Crippen MR) is 157 cm³/mol. The Morgan fingerprint density at radius 1 is 0.923 bits per heavy atom. The summed E-state index contributed by atoms with van der Waals surface area (Å²) in [5, 5.41) is 10.6. The molecule has 2 aromatic rings. The van der Waals surface area contributed by atoms with E-state index in [-0.39, 0.29) is 13.2 Å². The zero-order chi connectivity index (χ0) is 27.9. The number of hydrogen-bond acceptors (Lipinski definition) is 6. The molecule has 39 heavy (non-hydrogen) atoms.